The Morgan fingerprint density at radius 3 is 3.00 bits per heavy atom. The maximum absolute atomic E-state index is 12.6. The number of likely N-dealkylation sites (tertiary alicyclic amines) is 1. The van der Waals surface area contributed by atoms with E-state index in [9.17, 15) is 4.79 Å². The second-order valence-corrected chi connectivity index (χ2v) is 6.81. The Kier molecular flexibility index (Phi) is 4.32. The van der Waals surface area contributed by atoms with E-state index in [2.05, 4.69) is 29.3 Å². The number of hydrogen-bond acceptors (Lipinski definition) is 4. The standard InChI is InChI=1S/C18H23N7O/c1-13-19-8-10-24(13)12-16-21-22-17(23(16)2)14-5-4-9-25(11-14)18(26)15-6-3-7-20-15/h3,6-8,10,14,20H,4-5,9,11-12H2,1-2H3/t14-/m1/s1. The van der Waals surface area contributed by atoms with Crippen LogP contribution < -0.4 is 0 Å². The molecule has 1 fully saturated rings. The molecule has 1 atom stereocenters. The van der Waals surface area contributed by atoms with Crippen molar-refractivity contribution in [1.82, 2.24) is 34.2 Å². The number of rotatable bonds is 4. The second-order valence-electron chi connectivity index (χ2n) is 6.81. The van der Waals surface area contributed by atoms with Crippen LogP contribution in [0.15, 0.2) is 30.7 Å². The molecular weight excluding hydrogens is 330 g/mol. The largest absolute Gasteiger partial charge is 0.357 e. The molecule has 1 amide bonds. The van der Waals surface area contributed by atoms with Crippen LogP contribution in [0.3, 0.4) is 0 Å². The lowest BCUT2D eigenvalue weighted by molar-refractivity contribution is 0.0698. The lowest BCUT2D eigenvalue weighted by atomic mass is 9.97. The van der Waals surface area contributed by atoms with E-state index in [4.69, 9.17) is 0 Å². The van der Waals surface area contributed by atoms with Gasteiger partial charge in [0, 0.05) is 44.6 Å². The van der Waals surface area contributed by atoms with Crippen LogP contribution in [0.4, 0.5) is 0 Å². The minimum absolute atomic E-state index is 0.0520. The number of imidazole rings is 1. The number of piperidine rings is 1. The van der Waals surface area contributed by atoms with E-state index >= 15 is 0 Å². The molecule has 4 heterocycles. The van der Waals surface area contributed by atoms with Crippen LogP contribution in [0.1, 0.15) is 46.7 Å². The van der Waals surface area contributed by atoms with E-state index in [1.165, 1.54) is 0 Å². The van der Waals surface area contributed by atoms with Gasteiger partial charge in [-0.2, -0.15) is 0 Å². The third kappa shape index (κ3) is 3.02. The summed E-state index contributed by atoms with van der Waals surface area (Å²) in [6.07, 6.45) is 7.51. The molecule has 0 bridgehead atoms. The summed E-state index contributed by atoms with van der Waals surface area (Å²) in [4.78, 5) is 21.8. The van der Waals surface area contributed by atoms with Crippen molar-refractivity contribution in [3.8, 4) is 0 Å². The van der Waals surface area contributed by atoms with Gasteiger partial charge in [-0.25, -0.2) is 4.98 Å². The van der Waals surface area contributed by atoms with Gasteiger partial charge in [-0.3, -0.25) is 4.79 Å². The van der Waals surface area contributed by atoms with Crippen LogP contribution >= 0.6 is 0 Å². The maximum atomic E-state index is 12.6. The Hall–Kier alpha value is -2.90. The molecule has 0 aromatic carbocycles. The van der Waals surface area contributed by atoms with Crippen LogP contribution in [0.25, 0.3) is 0 Å². The fraction of sp³-hybridized carbons (Fsp3) is 0.444. The van der Waals surface area contributed by atoms with Crippen LogP contribution in [0.2, 0.25) is 0 Å². The molecule has 136 valence electrons. The average molecular weight is 353 g/mol. The summed E-state index contributed by atoms with van der Waals surface area (Å²) in [5.41, 5.74) is 0.639. The average Bonchev–Trinajstić information content (AvgIpc) is 3.39. The smallest absolute Gasteiger partial charge is 0.270 e. The summed E-state index contributed by atoms with van der Waals surface area (Å²) < 4.78 is 4.11. The fourth-order valence-electron chi connectivity index (χ4n) is 3.60. The van der Waals surface area contributed by atoms with E-state index in [-0.39, 0.29) is 11.8 Å². The summed E-state index contributed by atoms with van der Waals surface area (Å²) in [5, 5.41) is 8.82. The monoisotopic (exact) mass is 353 g/mol. The molecule has 0 radical (unpaired) electrons. The molecule has 0 spiro atoms. The van der Waals surface area contributed by atoms with Crippen molar-refractivity contribution in [3.63, 3.8) is 0 Å². The Morgan fingerprint density at radius 1 is 1.38 bits per heavy atom. The SMILES string of the molecule is Cc1nccn1Cc1nnc([C@@H]2CCCN(C(=O)c3ccc[nH]3)C2)n1C. The number of hydrogen-bond donors (Lipinski definition) is 1. The number of nitrogens with zero attached hydrogens (tertiary/aromatic N) is 6. The van der Waals surface area contributed by atoms with Gasteiger partial charge in [0.15, 0.2) is 5.82 Å². The number of nitrogens with one attached hydrogen (secondary N) is 1. The zero-order valence-corrected chi connectivity index (χ0v) is 15.1. The van der Waals surface area contributed by atoms with Crippen molar-refractivity contribution in [1.29, 1.82) is 0 Å². The Balaban J connectivity index is 1.50. The highest BCUT2D eigenvalue weighted by Crippen LogP contribution is 2.26. The Labute approximate surface area is 151 Å². The maximum Gasteiger partial charge on any atom is 0.270 e. The first-order chi connectivity index (χ1) is 12.6. The first-order valence-electron chi connectivity index (χ1n) is 8.92. The molecule has 8 nitrogen and oxygen atoms in total. The van der Waals surface area contributed by atoms with Crippen molar-refractivity contribution in [2.24, 2.45) is 7.05 Å². The van der Waals surface area contributed by atoms with Gasteiger partial charge < -0.3 is 19.0 Å². The quantitative estimate of drug-likeness (QED) is 0.774. The summed E-state index contributed by atoms with van der Waals surface area (Å²) in [5.74, 6) is 3.06. The number of carbonyl (C=O) groups is 1. The molecular formula is C18H23N7O. The van der Waals surface area contributed by atoms with Gasteiger partial charge in [0.05, 0.1) is 6.54 Å². The topological polar surface area (TPSA) is 84.6 Å². The van der Waals surface area contributed by atoms with Gasteiger partial charge in [0.25, 0.3) is 5.91 Å². The van der Waals surface area contributed by atoms with Gasteiger partial charge in [-0.15, -0.1) is 10.2 Å². The van der Waals surface area contributed by atoms with Gasteiger partial charge in [-0.05, 0) is 31.9 Å². The minimum atomic E-state index is 0.0520. The lowest BCUT2D eigenvalue weighted by Gasteiger charge is -2.32. The summed E-state index contributed by atoms with van der Waals surface area (Å²) in [7, 11) is 2.00. The molecule has 1 aliphatic rings. The van der Waals surface area contributed by atoms with E-state index in [1.807, 2.05) is 37.2 Å². The van der Waals surface area contributed by atoms with Gasteiger partial charge >= 0.3 is 0 Å². The summed E-state index contributed by atoms with van der Waals surface area (Å²) >= 11 is 0. The molecule has 26 heavy (non-hydrogen) atoms. The molecule has 3 aromatic heterocycles. The Bertz CT molecular complexity index is 893. The van der Waals surface area contributed by atoms with Crippen molar-refractivity contribution in [3.05, 3.63) is 53.9 Å². The van der Waals surface area contributed by atoms with Crippen LogP contribution in [0.5, 0.6) is 0 Å². The molecule has 1 saturated heterocycles. The molecule has 1 N–H and O–H groups in total. The third-order valence-electron chi connectivity index (χ3n) is 5.14. The van der Waals surface area contributed by atoms with E-state index in [1.54, 1.807) is 12.4 Å². The number of H-pyrrole nitrogens is 1. The Morgan fingerprint density at radius 2 is 2.27 bits per heavy atom. The van der Waals surface area contributed by atoms with E-state index in [0.29, 0.717) is 18.8 Å². The van der Waals surface area contributed by atoms with Crippen molar-refractivity contribution in [2.75, 3.05) is 13.1 Å². The fourth-order valence-corrected chi connectivity index (χ4v) is 3.60. The number of amides is 1. The molecule has 3 aromatic rings. The number of aryl methyl sites for hydroxylation is 1. The highest BCUT2D eigenvalue weighted by atomic mass is 16.2. The second kappa shape index (κ2) is 6.78. The van der Waals surface area contributed by atoms with Gasteiger partial charge in [0.1, 0.15) is 17.3 Å². The molecule has 0 aliphatic carbocycles. The molecule has 8 heteroatoms. The predicted octanol–water partition coefficient (Wildman–Crippen LogP) is 1.72. The zero-order chi connectivity index (χ0) is 18.1. The molecule has 0 saturated carbocycles. The van der Waals surface area contributed by atoms with Crippen LogP contribution in [-0.4, -0.2) is 53.2 Å². The molecule has 0 unspecified atom stereocenters. The zero-order valence-electron chi connectivity index (χ0n) is 15.1. The summed E-state index contributed by atoms with van der Waals surface area (Å²) in [6.45, 7) is 4.08. The molecule has 4 rings (SSSR count). The van der Waals surface area contributed by atoms with Crippen molar-refractivity contribution in [2.45, 2.75) is 32.2 Å². The third-order valence-corrected chi connectivity index (χ3v) is 5.14. The van der Waals surface area contributed by atoms with E-state index < -0.39 is 0 Å². The highest BCUT2D eigenvalue weighted by molar-refractivity contribution is 5.92. The highest BCUT2D eigenvalue weighted by Gasteiger charge is 2.29. The van der Waals surface area contributed by atoms with Crippen molar-refractivity contribution >= 4 is 5.91 Å². The number of aromatic nitrogens is 6. The van der Waals surface area contributed by atoms with Crippen LogP contribution in [-0.2, 0) is 13.6 Å². The van der Waals surface area contributed by atoms with Gasteiger partial charge in [-0.1, -0.05) is 0 Å². The first-order valence-corrected chi connectivity index (χ1v) is 8.92. The number of carbonyl (C=O) groups excluding carboxylic acids is 1. The minimum Gasteiger partial charge on any atom is -0.357 e. The normalized spacial score (nSPS) is 17.6. The van der Waals surface area contributed by atoms with Crippen molar-refractivity contribution < 1.29 is 4.79 Å². The molecule has 1 aliphatic heterocycles. The van der Waals surface area contributed by atoms with Gasteiger partial charge in [0.2, 0.25) is 0 Å². The lowest BCUT2D eigenvalue weighted by Crippen LogP contribution is -2.39. The first kappa shape index (κ1) is 16.6. The van der Waals surface area contributed by atoms with E-state index in [0.717, 1.165) is 36.9 Å². The van der Waals surface area contributed by atoms with Crippen LogP contribution in [0, 0.1) is 6.92 Å². The predicted molar refractivity (Wildman–Crippen MR) is 95.7 cm³/mol. The summed E-state index contributed by atoms with van der Waals surface area (Å²) in [6, 6.07) is 3.67. The number of aromatic amines is 1.